The zero-order chi connectivity index (χ0) is 15.1. The number of hydrogen-bond acceptors (Lipinski definition) is 4. The van der Waals surface area contributed by atoms with E-state index in [9.17, 15) is 9.59 Å². The van der Waals surface area contributed by atoms with E-state index in [1.165, 1.54) is 0 Å². The van der Waals surface area contributed by atoms with Crippen LogP contribution < -0.4 is 10.5 Å². The molecule has 21 heavy (non-hydrogen) atoms. The number of carbonyl (C=O) groups excluding carboxylic acids is 2. The Labute approximate surface area is 122 Å². The van der Waals surface area contributed by atoms with Crippen molar-refractivity contribution in [3.05, 3.63) is 65.7 Å². The molecule has 0 atom stereocenters. The molecule has 5 heteroatoms. The highest BCUT2D eigenvalue weighted by atomic mass is 16.6. The minimum atomic E-state index is -0.841. The zero-order valence-electron chi connectivity index (χ0n) is 11.3. The maximum absolute atomic E-state index is 12.3. The van der Waals surface area contributed by atoms with Crippen molar-refractivity contribution in [2.45, 2.75) is 0 Å². The number of amides is 1. The average Bonchev–Trinajstić information content (AvgIpc) is 2.52. The van der Waals surface area contributed by atoms with Gasteiger partial charge in [0.1, 0.15) is 19.0 Å². The quantitative estimate of drug-likeness (QED) is 0.653. The minimum Gasteiger partial charge on any atom is -0.490 e. The Morgan fingerprint density at radius 1 is 0.905 bits per heavy atom. The molecule has 0 radical (unpaired) electrons. The molecule has 0 aliphatic carbocycles. The normalized spacial score (nSPS) is 9.90. The summed E-state index contributed by atoms with van der Waals surface area (Å²) >= 11 is 0. The van der Waals surface area contributed by atoms with E-state index >= 15 is 0 Å². The summed E-state index contributed by atoms with van der Waals surface area (Å²) in [5.41, 5.74) is 5.99. The Balaban J connectivity index is 2.01. The van der Waals surface area contributed by atoms with E-state index in [0.717, 1.165) is 0 Å². The van der Waals surface area contributed by atoms with Crippen molar-refractivity contribution < 1.29 is 19.1 Å². The molecule has 5 nitrogen and oxygen atoms in total. The van der Waals surface area contributed by atoms with Gasteiger partial charge in [0.15, 0.2) is 5.78 Å². The van der Waals surface area contributed by atoms with Gasteiger partial charge in [-0.05, 0) is 12.1 Å². The topological polar surface area (TPSA) is 78.6 Å². The molecular formula is C16H15NO4. The van der Waals surface area contributed by atoms with E-state index in [1.54, 1.807) is 36.4 Å². The Hall–Kier alpha value is -2.82. The van der Waals surface area contributed by atoms with Crippen molar-refractivity contribution in [3.63, 3.8) is 0 Å². The van der Waals surface area contributed by atoms with Gasteiger partial charge in [0, 0.05) is 11.1 Å². The van der Waals surface area contributed by atoms with Crippen LogP contribution in [0.5, 0.6) is 5.75 Å². The number of ether oxygens (including phenoxy) is 2. The molecule has 0 heterocycles. The Kier molecular flexibility index (Phi) is 4.93. The second-order valence-corrected chi connectivity index (χ2v) is 4.24. The maximum atomic E-state index is 12.3. The van der Waals surface area contributed by atoms with Crippen molar-refractivity contribution in [1.29, 1.82) is 0 Å². The van der Waals surface area contributed by atoms with Crippen LogP contribution in [0, 0.1) is 0 Å². The highest BCUT2D eigenvalue weighted by Crippen LogP contribution is 2.16. The van der Waals surface area contributed by atoms with Gasteiger partial charge in [-0.3, -0.25) is 4.79 Å². The lowest BCUT2D eigenvalue weighted by atomic mass is 10.0. The third kappa shape index (κ3) is 4.35. The Bertz CT molecular complexity index is 625. The van der Waals surface area contributed by atoms with Crippen LogP contribution in [0.1, 0.15) is 15.9 Å². The first-order chi connectivity index (χ1) is 10.2. The summed E-state index contributed by atoms with van der Waals surface area (Å²) in [7, 11) is 0. The highest BCUT2D eigenvalue weighted by Gasteiger charge is 2.09. The lowest BCUT2D eigenvalue weighted by Gasteiger charge is -2.07. The summed E-state index contributed by atoms with van der Waals surface area (Å²) in [6.45, 7) is 0.234. The van der Waals surface area contributed by atoms with Crippen LogP contribution in [0.2, 0.25) is 0 Å². The highest BCUT2D eigenvalue weighted by molar-refractivity contribution is 6.09. The minimum absolute atomic E-state index is 0.0617. The maximum Gasteiger partial charge on any atom is 0.404 e. The lowest BCUT2D eigenvalue weighted by molar-refractivity contribution is 0.103. The summed E-state index contributed by atoms with van der Waals surface area (Å²) in [6.07, 6.45) is -0.841. The third-order valence-corrected chi connectivity index (χ3v) is 2.73. The number of benzene rings is 2. The number of hydrogen-bond donors (Lipinski definition) is 1. The van der Waals surface area contributed by atoms with E-state index < -0.39 is 6.09 Å². The molecule has 1 amide bonds. The van der Waals surface area contributed by atoms with Crippen LogP contribution in [0.25, 0.3) is 0 Å². The second kappa shape index (κ2) is 7.09. The number of rotatable bonds is 6. The molecule has 2 aromatic rings. The summed E-state index contributed by atoms with van der Waals surface area (Å²) in [5, 5.41) is 0. The van der Waals surface area contributed by atoms with E-state index in [2.05, 4.69) is 4.74 Å². The van der Waals surface area contributed by atoms with Gasteiger partial charge < -0.3 is 15.2 Å². The smallest absolute Gasteiger partial charge is 0.404 e. The number of carbonyl (C=O) groups is 2. The van der Waals surface area contributed by atoms with Crippen molar-refractivity contribution in [3.8, 4) is 5.75 Å². The standard InChI is InChI=1S/C16H15NO4/c17-16(19)21-10-9-20-14-8-4-7-13(11-14)15(18)12-5-2-1-3-6-12/h1-8,11H,9-10H2,(H2,17,19). The fourth-order valence-corrected chi connectivity index (χ4v) is 1.79. The van der Waals surface area contributed by atoms with Gasteiger partial charge in [0.25, 0.3) is 0 Å². The Morgan fingerprint density at radius 3 is 2.33 bits per heavy atom. The molecule has 0 aliphatic heterocycles. The fourth-order valence-electron chi connectivity index (χ4n) is 1.79. The summed E-state index contributed by atoms with van der Waals surface area (Å²) in [5.74, 6) is 0.458. The second-order valence-electron chi connectivity index (χ2n) is 4.24. The van der Waals surface area contributed by atoms with Gasteiger partial charge in [0.05, 0.1) is 0 Å². The predicted octanol–water partition coefficient (Wildman–Crippen LogP) is 2.39. The van der Waals surface area contributed by atoms with Crippen LogP contribution in [0.4, 0.5) is 4.79 Å². The van der Waals surface area contributed by atoms with Crippen molar-refractivity contribution in [2.75, 3.05) is 13.2 Å². The van der Waals surface area contributed by atoms with Gasteiger partial charge in [0.2, 0.25) is 0 Å². The molecule has 0 saturated carbocycles. The largest absolute Gasteiger partial charge is 0.490 e. The van der Waals surface area contributed by atoms with Crippen molar-refractivity contribution in [2.24, 2.45) is 5.73 Å². The van der Waals surface area contributed by atoms with E-state index in [1.807, 2.05) is 18.2 Å². The van der Waals surface area contributed by atoms with E-state index in [-0.39, 0.29) is 19.0 Å². The van der Waals surface area contributed by atoms with Crippen LogP contribution in [0.3, 0.4) is 0 Å². The van der Waals surface area contributed by atoms with Crippen molar-refractivity contribution in [1.82, 2.24) is 0 Å². The van der Waals surface area contributed by atoms with Gasteiger partial charge in [-0.2, -0.15) is 0 Å². The van der Waals surface area contributed by atoms with E-state index in [4.69, 9.17) is 10.5 Å². The lowest BCUT2D eigenvalue weighted by Crippen LogP contribution is -2.17. The molecule has 2 N–H and O–H groups in total. The van der Waals surface area contributed by atoms with Gasteiger partial charge >= 0.3 is 6.09 Å². The van der Waals surface area contributed by atoms with Crippen LogP contribution in [-0.2, 0) is 4.74 Å². The van der Waals surface area contributed by atoms with Gasteiger partial charge in [-0.1, -0.05) is 42.5 Å². The van der Waals surface area contributed by atoms with Crippen molar-refractivity contribution >= 4 is 11.9 Å². The predicted molar refractivity (Wildman–Crippen MR) is 77.3 cm³/mol. The zero-order valence-corrected chi connectivity index (χ0v) is 11.3. The van der Waals surface area contributed by atoms with E-state index in [0.29, 0.717) is 16.9 Å². The molecule has 0 spiro atoms. The molecule has 2 rings (SSSR count). The van der Waals surface area contributed by atoms with Gasteiger partial charge in [-0.15, -0.1) is 0 Å². The molecule has 0 bridgehead atoms. The molecule has 108 valence electrons. The average molecular weight is 285 g/mol. The van der Waals surface area contributed by atoms with Crippen LogP contribution >= 0.6 is 0 Å². The summed E-state index contributed by atoms with van der Waals surface area (Å²) in [6, 6.07) is 15.8. The van der Waals surface area contributed by atoms with Crippen LogP contribution in [0.15, 0.2) is 54.6 Å². The first-order valence-electron chi connectivity index (χ1n) is 6.41. The third-order valence-electron chi connectivity index (χ3n) is 2.73. The SMILES string of the molecule is NC(=O)OCCOc1cccc(C(=O)c2ccccc2)c1. The van der Waals surface area contributed by atoms with Crippen LogP contribution in [-0.4, -0.2) is 25.1 Å². The Morgan fingerprint density at radius 2 is 1.62 bits per heavy atom. The first kappa shape index (κ1) is 14.6. The summed E-state index contributed by atoms with van der Waals surface area (Å²) in [4.78, 5) is 22.7. The fraction of sp³-hybridized carbons (Fsp3) is 0.125. The monoisotopic (exact) mass is 285 g/mol. The molecule has 0 aliphatic rings. The molecule has 2 aromatic carbocycles. The number of primary amides is 1. The number of ketones is 1. The number of nitrogens with two attached hydrogens (primary N) is 1. The molecule has 0 aromatic heterocycles. The molecular weight excluding hydrogens is 270 g/mol. The first-order valence-corrected chi connectivity index (χ1v) is 6.41. The molecule has 0 saturated heterocycles. The molecule has 0 fully saturated rings. The van der Waals surface area contributed by atoms with Gasteiger partial charge in [-0.25, -0.2) is 4.79 Å². The molecule has 0 unspecified atom stereocenters. The summed E-state index contributed by atoms with van der Waals surface area (Å²) < 4.78 is 9.96.